The molecule has 5 heteroatoms. The molecule has 0 N–H and O–H groups in total. The second-order valence-corrected chi connectivity index (χ2v) is 5.23. The lowest BCUT2D eigenvalue weighted by Gasteiger charge is -2.17. The fraction of sp³-hybridized carbons (Fsp3) is 0.312. The monoisotopic (exact) mass is 285 g/mol. The Kier molecular flexibility index (Phi) is 3.33. The summed E-state index contributed by atoms with van der Waals surface area (Å²) in [5.41, 5.74) is 0.345. The summed E-state index contributed by atoms with van der Waals surface area (Å²) < 4.78 is 5.11. The molecule has 0 radical (unpaired) electrons. The molecule has 2 amide bonds. The molecule has 5 nitrogen and oxygen atoms in total. The smallest absolute Gasteiger partial charge is 0.308 e. The van der Waals surface area contributed by atoms with Crippen molar-refractivity contribution in [2.24, 2.45) is 11.8 Å². The third-order valence-electron chi connectivity index (χ3n) is 3.87. The highest BCUT2D eigenvalue weighted by Gasteiger charge is 2.48. The van der Waals surface area contributed by atoms with Gasteiger partial charge in [0.25, 0.3) is 0 Å². The van der Waals surface area contributed by atoms with Crippen LogP contribution in [0.3, 0.4) is 0 Å². The van der Waals surface area contributed by atoms with E-state index < -0.39 is 5.97 Å². The quantitative estimate of drug-likeness (QED) is 0.361. The molecule has 108 valence electrons. The topological polar surface area (TPSA) is 63.7 Å². The molecule has 3 rings (SSSR count). The van der Waals surface area contributed by atoms with Crippen molar-refractivity contribution >= 4 is 23.5 Å². The zero-order chi connectivity index (χ0) is 15.0. The molecule has 0 spiro atoms. The van der Waals surface area contributed by atoms with E-state index in [9.17, 15) is 14.4 Å². The van der Waals surface area contributed by atoms with Gasteiger partial charge in [-0.2, -0.15) is 0 Å². The molecule has 0 aromatic heterocycles. The first-order valence-electron chi connectivity index (χ1n) is 6.90. The molecule has 1 heterocycles. The average Bonchev–Trinajstić information content (AvgIpc) is 2.72. The number of hydrogen-bond donors (Lipinski definition) is 0. The summed E-state index contributed by atoms with van der Waals surface area (Å²) in [4.78, 5) is 37.4. The Morgan fingerprint density at radius 1 is 1.10 bits per heavy atom. The second kappa shape index (κ2) is 5.16. The van der Waals surface area contributed by atoms with E-state index in [1.54, 1.807) is 24.3 Å². The van der Waals surface area contributed by atoms with Crippen LogP contribution in [0.15, 0.2) is 36.4 Å². The third kappa shape index (κ3) is 2.24. The Bertz CT molecular complexity index is 623. The van der Waals surface area contributed by atoms with Gasteiger partial charge in [0.2, 0.25) is 11.8 Å². The maximum Gasteiger partial charge on any atom is 0.308 e. The first-order valence-corrected chi connectivity index (χ1v) is 6.90. The predicted molar refractivity (Wildman–Crippen MR) is 75.6 cm³/mol. The standard InChI is InChI=1S/C16H15NO4/c1-10(18)21-14-9-5-4-8-13(14)17-15(19)11-6-2-3-7-12(11)16(17)20/h2-5,8-9,11-12H,6-7H2,1H3/t11-,12+. The zero-order valence-electron chi connectivity index (χ0n) is 11.6. The minimum atomic E-state index is -0.486. The molecule has 21 heavy (non-hydrogen) atoms. The number of nitrogens with zero attached hydrogens (tertiary/aromatic N) is 1. The molecule has 2 atom stereocenters. The zero-order valence-corrected chi connectivity index (χ0v) is 11.6. The molecule has 0 bridgehead atoms. The molecule has 0 saturated carbocycles. The summed E-state index contributed by atoms with van der Waals surface area (Å²) in [6, 6.07) is 6.61. The van der Waals surface area contributed by atoms with Crippen LogP contribution in [0.4, 0.5) is 5.69 Å². The van der Waals surface area contributed by atoms with Crippen LogP contribution in [0.1, 0.15) is 19.8 Å². The van der Waals surface area contributed by atoms with E-state index in [4.69, 9.17) is 4.74 Å². The van der Waals surface area contributed by atoms with E-state index in [0.29, 0.717) is 18.5 Å². The van der Waals surface area contributed by atoms with Gasteiger partial charge < -0.3 is 4.74 Å². The molecule has 1 aromatic rings. The first-order chi connectivity index (χ1) is 10.1. The van der Waals surface area contributed by atoms with Crippen LogP contribution in [-0.4, -0.2) is 17.8 Å². The molecule has 1 saturated heterocycles. The van der Waals surface area contributed by atoms with E-state index >= 15 is 0 Å². The Labute approximate surface area is 122 Å². The largest absolute Gasteiger partial charge is 0.424 e. The van der Waals surface area contributed by atoms with Crippen LogP contribution in [0.2, 0.25) is 0 Å². The lowest BCUT2D eigenvalue weighted by atomic mass is 9.85. The number of imide groups is 1. The van der Waals surface area contributed by atoms with Crippen LogP contribution in [0.25, 0.3) is 0 Å². The number of carbonyl (C=O) groups excluding carboxylic acids is 3. The van der Waals surface area contributed by atoms with E-state index in [1.165, 1.54) is 11.8 Å². The second-order valence-electron chi connectivity index (χ2n) is 5.23. The number of anilines is 1. The normalized spacial score (nSPS) is 24.1. The summed E-state index contributed by atoms with van der Waals surface area (Å²) in [5.74, 6) is -1.28. The molecule has 2 aliphatic rings. The molecule has 1 aromatic carbocycles. The van der Waals surface area contributed by atoms with E-state index in [1.807, 2.05) is 12.2 Å². The number of rotatable bonds is 2. The summed E-state index contributed by atoms with van der Waals surface area (Å²) in [6.45, 7) is 1.29. The van der Waals surface area contributed by atoms with Gasteiger partial charge in [-0.3, -0.25) is 14.4 Å². The van der Waals surface area contributed by atoms with Crippen molar-refractivity contribution in [3.05, 3.63) is 36.4 Å². The number of carbonyl (C=O) groups is 3. The van der Waals surface area contributed by atoms with Crippen molar-refractivity contribution < 1.29 is 19.1 Å². The maximum atomic E-state index is 12.5. The van der Waals surface area contributed by atoms with Crippen LogP contribution < -0.4 is 9.64 Å². The van der Waals surface area contributed by atoms with Crippen LogP contribution in [0.5, 0.6) is 5.75 Å². The number of esters is 1. The van der Waals surface area contributed by atoms with E-state index in [0.717, 1.165) is 0 Å². The van der Waals surface area contributed by atoms with Crippen LogP contribution in [-0.2, 0) is 14.4 Å². The van der Waals surface area contributed by atoms with Gasteiger partial charge in [0.05, 0.1) is 17.5 Å². The van der Waals surface area contributed by atoms with Gasteiger partial charge in [-0.1, -0.05) is 24.3 Å². The number of para-hydroxylation sites is 2. The fourth-order valence-electron chi connectivity index (χ4n) is 2.92. The summed E-state index contributed by atoms with van der Waals surface area (Å²) >= 11 is 0. The number of amides is 2. The Balaban J connectivity index is 1.99. The van der Waals surface area contributed by atoms with E-state index in [2.05, 4.69) is 0 Å². The molecule has 0 unspecified atom stereocenters. The Morgan fingerprint density at radius 3 is 2.24 bits per heavy atom. The molecule has 1 fully saturated rings. The summed E-state index contributed by atoms with van der Waals surface area (Å²) in [5, 5.41) is 0. The number of fused-ring (bicyclic) bond motifs is 1. The number of benzene rings is 1. The number of hydrogen-bond acceptors (Lipinski definition) is 4. The van der Waals surface area contributed by atoms with Crippen molar-refractivity contribution in [3.8, 4) is 5.75 Å². The van der Waals surface area contributed by atoms with Gasteiger partial charge in [-0.25, -0.2) is 4.90 Å². The van der Waals surface area contributed by atoms with Gasteiger partial charge >= 0.3 is 5.97 Å². The highest BCUT2D eigenvalue weighted by molar-refractivity contribution is 6.22. The Hall–Kier alpha value is -2.43. The molecule has 1 aliphatic heterocycles. The van der Waals surface area contributed by atoms with Gasteiger partial charge in [0, 0.05) is 6.92 Å². The van der Waals surface area contributed by atoms with E-state index in [-0.39, 0.29) is 29.4 Å². The van der Waals surface area contributed by atoms with Gasteiger partial charge in [-0.15, -0.1) is 0 Å². The predicted octanol–water partition coefficient (Wildman–Crippen LogP) is 2.07. The number of allylic oxidation sites excluding steroid dienone is 2. The average molecular weight is 285 g/mol. The van der Waals surface area contributed by atoms with Crippen molar-refractivity contribution in [3.63, 3.8) is 0 Å². The Morgan fingerprint density at radius 2 is 1.67 bits per heavy atom. The molecular weight excluding hydrogens is 270 g/mol. The SMILES string of the molecule is CC(=O)Oc1ccccc1N1C(=O)[C@H]2CC=CC[C@H]2C1=O. The highest BCUT2D eigenvalue weighted by atomic mass is 16.5. The highest BCUT2D eigenvalue weighted by Crippen LogP contribution is 2.40. The summed E-state index contributed by atoms with van der Waals surface area (Å²) in [7, 11) is 0. The lowest BCUT2D eigenvalue weighted by molar-refractivity contribution is -0.132. The summed E-state index contributed by atoms with van der Waals surface area (Å²) in [6.07, 6.45) is 5.05. The fourth-order valence-corrected chi connectivity index (χ4v) is 2.92. The molecular formula is C16H15NO4. The van der Waals surface area contributed by atoms with Crippen LogP contribution in [0, 0.1) is 11.8 Å². The third-order valence-corrected chi connectivity index (χ3v) is 3.87. The van der Waals surface area contributed by atoms with Gasteiger partial charge in [0.15, 0.2) is 5.75 Å². The van der Waals surface area contributed by atoms with Crippen molar-refractivity contribution in [2.75, 3.05) is 4.90 Å². The van der Waals surface area contributed by atoms with Gasteiger partial charge in [-0.05, 0) is 25.0 Å². The minimum Gasteiger partial charge on any atom is -0.424 e. The lowest BCUT2D eigenvalue weighted by Crippen LogP contribution is -2.31. The van der Waals surface area contributed by atoms with Crippen molar-refractivity contribution in [1.29, 1.82) is 0 Å². The molecule has 1 aliphatic carbocycles. The number of ether oxygens (including phenoxy) is 1. The maximum absolute atomic E-state index is 12.5. The van der Waals surface area contributed by atoms with Gasteiger partial charge in [0.1, 0.15) is 0 Å². The van der Waals surface area contributed by atoms with Crippen molar-refractivity contribution in [2.45, 2.75) is 19.8 Å². The van der Waals surface area contributed by atoms with Crippen LogP contribution >= 0.6 is 0 Å². The first kappa shape index (κ1) is 13.5. The minimum absolute atomic E-state index is 0.214. The van der Waals surface area contributed by atoms with Crippen molar-refractivity contribution in [1.82, 2.24) is 0 Å².